The molecule has 3 heterocycles. The number of aromatic nitrogens is 2. The van der Waals surface area contributed by atoms with Crippen molar-refractivity contribution in [3.63, 3.8) is 0 Å². The average Bonchev–Trinajstić information content (AvgIpc) is 3.12. The summed E-state index contributed by atoms with van der Waals surface area (Å²) in [5.41, 5.74) is 3.17. The summed E-state index contributed by atoms with van der Waals surface area (Å²) in [4.78, 5) is 33.4. The van der Waals surface area contributed by atoms with Gasteiger partial charge in [0.05, 0.1) is 6.04 Å². The largest absolute Gasteiger partial charge is 0.336 e. The molecule has 1 aliphatic heterocycles. The van der Waals surface area contributed by atoms with Crippen LogP contribution >= 0.6 is 0 Å². The minimum absolute atomic E-state index is 0.104. The molecule has 0 radical (unpaired) electrons. The third-order valence-corrected chi connectivity index (χ3v) is 5.17. The molecule has 134 valence electrons. The van der Waals surface area contributed by atoms with Crippen LogP contribution in [0, 0.1) is 25.2 Å². The number of nitrogens with one attached hydrogen (secondary N) is 1. The molecule has 0 spiro atoms. The van der Waals surface area contributed by atoms with E-state index in [1.807, 2.05) is 30.0 Å². The van der Waals surface area contributed by atoms with Gasteiger partial charge in [0.2, 0.25) is 5.91 Å². The van der Waals surface area contributed by atoms with Gasteiger partial charge in [-0.3, -0.25) is 14.6 Å². The number of H-pyrrole nitrogens is 1. The van der Waals surface area contributed by atoms with Crippen molar-refractivity contribution in [3.05, 3.63) is 62.8 Å². The van der Waals surface area contributed by atoms with Crippen LogP contribution in [-0.4, -0.2) is 27.3 Å². The van der Waals surface area contributed by atoms with Gasteiger partial charge in [0.1, 0.15) is 11.6 Å². The summed E-state index contributed by atoms with van der Waals surface area (Å²) in [7, 11) is 0. The molecule has 1 unspecified atom stereocenters. The fourth-order valence-corrected chi connectivity index (χ4v) is 3.79. The van der Waals surface area contributed by atoms with Gasteiger partial charge in [-0.05, 0) is 61.9 Å². The van der Waals surface area contributed by atoms with Crippen molar-refractivity contribution in [3.8, 4) is 6.07 Å². The Morgan fingerprint density at radius 2 is 2.12 bits per heavy atom. The predicted molar refractivity (Wildman–Crippen MR) is 97.5 cm³/mol. The van der Waals surface area contributed by atoms with Crippen LogP contribution in [0.3, 0.4) is 0 Å². The zero-order chi connectivity index (χ0) is 18.7. The molecule has 1 amide bonds. The zero-order valence-corrected chi connectivity index (χ0v) is 15.1. The smallest absolute Gasteiger partial charge is 0.266 e. The summed E-state index contributed by atoms with van der Waals surface area (Å²) in [6.45, 7) is 4.35. The van der Waals surface area contributed by atoms with Gasteiger partial charge in [0, 0.05) is 31.1 Å². The van der Waals surface area contributed by atoms with Crippen LogP contribution in [0.2, 0.25) is 0 Å². The highest BCUT2D eigenvalue weighted by atomic mass is 16.2. The fourth-order valence-electron chi connectivity index (χ4n) is 3.79. The first kappa shape index (κ1) is 17.9. The number of hydrogen-bond acceptors (Lipinski definition) is 4. The van der Waals surface area contributed by atoms with E-state index in [0.717, 1.165) is 36.2 Å². The summed E-state index contributed by atoms with van der Waals surface area (Å²) >= 11 is 0. The minimum atomic E-state index is -0.366. The predicted octanol–water partition coefficient (Wildman–Crippen LogP) is 2.55. The fraction of sp³-hybridized carbons (Fsp3) is 0.400. The third-order valence-electron chi connectivity index (χ3n) is 5.17. The van der Waals surface area contributed by atoms with Crippen LogP contribution in [0.1, 0.15) is 53.3 Å². The first-order chi connectivity index (χ1) is 12.5. The van der Waals surface area contributed by atoms with Crippen LogP contribution < -0.4 is 5.56 Å². The van der Waals surface area contributed by atoms with E-state index in [-0.39, 0.29) is 23.1 Å². The molecule has 2 aromatic heterocycles. The van der Waals surface area contributed by atoms with Crippen LogP contribution in [0.5, 0.6) is 0 Å². The molecule has 0 bridgehead atoms. The highest BCUT2D eigenvalue weighted by Crippen LogP contribution is 2.32. The van der Waals surface area contributed by atoms with Crippen molar-refractivity contribution in [2.45, 2.75) is 45.6 Å². The lowest BCUT2D eigenvalue weighted by Crippen LogP contribution is -2.31. The number of nitrogens with zero attached hydrogens (tertiary/aromatic N) is 3. The van der Waals surface area contributed by atoms with E-state index < -0.39 is 0 Å². The van der Waals surface area contributed by atoms with Crippen LogP contribution in [0.25, 0.3) is 0 Å². The van der Waals surface area contributed by atoms with E-state index in [2.05, 4.69) is 9.97 Å². The van der Waals surface area contributed by atoms with Crippen LogP contribution in [0.4, 0.5) is 0 Å². The quantitative estimate of drug-likeness (QED) is 0.917. The van der Waals surface area contributed by atoms with Gasteiger partial charge in [0.25, 0.3) is 5.56 Å². The first-order valence-corrected chi connectivity index (χ1v) is 8.84. The molecule has 1 saturated heterocycles. The molecule has 0 saturated carbocycles. The number of aromatic amines is 1. The molecule has 6 heteroatoms. The number of hydrogen-bond donors (Lipinski definition) is 1. The Balaban J connectivity index is 1.75. The Morgan fingerprint density at radius 1 is 1.38 bits per heavy atom. The SMILES string of the molecule is Cc1[nH]c(=O)c(C#N)c(C)c1CCC(=O)N1CCCC1c1ccncc1. The maximum absolute atomic E-state index is 12.8. The monoisotopic (exact) mass is 350 g/mol. The van der Waals surface area contributed by atoms with Crippen molar-refractivity contribution < 1.29 is 4.79 Å². The van der Waals surface area contributed by atoms with E-state index in [0.29, 0.717) is 18.4 Å². The maximum Gasteiger partial charge on any atom is 0.266 e. The number of aryl methyl sites for hydroxylation is 1. The van der Waals surface area contributed by atoms with E-state index in [4.69, 9.17) is 0 Å². The summed E-state index contributed by atoms with van der Waals surface area (Å²) in [6.07, 6.45) is 6.35. The average molecular weight is 350 g/mol. The van der Waals surface area contributed by atoms with E-state index in [9.17, 15) is 14.9 Å². The molecule has 0 aromatic carbocycles. The van der Waals surface area contributed by atoms with E-state index >= 15 is 0 Å². The molecule has 3 rings (SSSR count). The number of pyridine rings is 2. The Kier molecular flexibility index (Phi) is 5.17. The molecule has 1 atom stereocenters. The Labute approximate surface area is 152 Å². The third kappa shape index (κ3) is 3.38. The van der Waals surface area contributed by atoms with Crippen molar-refractivity contribution in [2.75, 3.05) is 6.54 Å². The summed E-state index contributed by atoms with van der Waals surface area (Å²) < 4.78 is 0. The van der Waals surface area contributed by atoms with E-state index in [1.54, 1.807) is 19.3 Å². The Bertz CT molecular complexity index is 912. The molecule has 1 aliphatic rings. The second-order valence-corrected chi connectivity index (χ2v) is 6.70. The minimum Gasteiger partial charge on any atom is -0.336 e. The number of rotatable bonds is 4. The molecule has 1 fully saturated rings. The van der Waals surface area contributed by atoms with Gasteiger partial charge < -0.3 is 9.88 Å². The Hall–Kier alpha value is -2.94. The molecule has 6 nitrogen and oxygen atoms in total. The van der Waals surface area contributed by atoms with Crippen LogP contribution in [-0.2, 0) is 11.2 Å². The Morgan fingerprint density at radius 3 is 2.81 bits per heavy atom. The zero-order valence-electron chi connectivity index (χ0n) is 15.1. The van der Waals surface area contributed by atoms with Crippen molar-refractivity contribution >= 4 is 5.91 Å². The maximum atomic E-state index is 12.8. The van der Waals surface area contributed by atoms with Crippen molar-refractivity contribution in [1.29, 1.82) is 5.26 Å². The number of nitriles is 1. The molecule has 2 aromatic rings. The van der Waals surface area contributed by atoms with Gasteiger partial charge in [-0.15, -0.1) is 0 Å². The number of likely N-dealkylation sites (tertiary alicyclic amines) is 1. The molecular formula is C20H22N4O2. The lowest BCUT2D eigenvalue weighted by Gasteiger charge is -2.25. The molecule has 0 aliphatic carbocycles. The van der Waals surface area contributed by atoms with Crippen molar-refractivity contribution in [1.82, 2.24) is 14.9 Å². The second kappa shape index (κ2) is 7.52. The lowest BCUT2D eigenvalue weighted by molar-refractivity contribution is -0.132. The van der Waals surface area contributed by atoms with Gasteiger partial charge in [-0.2, -0.15) is 5.26 Å². The van der Waals surface area contributed by atoms with Gasteiger partial charge in [-0.25, -0.2) is 0 Å². The van der Waals surface area contributed by atoms with Crippen LogP contribution in [0.15, 0.2) is 29.3 Å². The van der Waals surface area contributed by atoms with Crippen molar-refractivity contribution in [2.24, 2.45) is 0 Å². The first-order valence-electron chi connectivity index (χ1n) is 8.84. The topological polar surface area (TPSA) is 89.8 Å². The standard InChI is InChI=1S/C20H22N4O2/c1-13-16(14(2)23-20(26)17(13)12-21)5-6-19(25)24-11-3-4-18(24)15-7-9-22-10-8-15/h7-10,18H,3-6,11H2,1-2H3,(H,23,26). The summed E-state index contributed by atoms with van der Waals surface area (Å²) in [5, 5.41) is 9.18. The molecule has 1 N–H and O–H groups in total. The molecular weight excluding hydrogens is 328 g/mol. The summed E-state index contributed by atoms with van der Waals surface area (Å²) in [5.74, 6) is 0.104. The summed E-state index contributed by atoms with van der Waals surface area (Å²) in [6, 6.07) is 5.99. The number of amides is 1. The normalized spacial score (nSPS) is 16.5. The molecule has 26 heavy (non-hydrogen) atoms. The number of carbonyl (C=O) groups excluding carboxylic acids is 1. The lowest BCUT2D eigenvalue weighted by atomic mass is 9.98. The highest BCUT2D eigenvalue weighted by Gasteiger charge is 2.29. The van der Waals surface area contributed by atoms with E-state index in [1.165, 1.54) is 0 Å². The second-order valence-electron chi connectivity index (χ2n) is 6.70. The van der Waals surface area contributed by atoms with Gasteiger partial charge in [-0.1, -0.05) is 0 Å². The van der Waals surface area contributed by atoms with Gasteiger partial charge in [0.15, 0.2) is 0 Å². The van der Waals surface area contributed by atoms with Gasteiger partial charge >= 0.3 is 0 Å². The highest BCUT2D eigenvalue weighted by molar-refractivity contribution is 5.77. The number of carbonyl (C=O) groups is 1.